The van der Waals surface area contributed by atoms with Crippen molar-refractivity contribution in [1.82, 2.24) is 21.3 Å². The van der Waals surface area contributed by atoms with Gasteiger partial charge in [0.05, 0.1) is 6.04 Å². The van der Waals surface area contributed by atoms with Gasteiger partial charge in [0.1, 0.15) is 17.8 Å². The van der Waals surface area contributed by atoms with Gasteiger partial charge in [-0.25, -0.2) is 4.79 Å². The van der Waals surface area contributed by atoms with Gasteiger partial charge in [0.25, 0.3) is 0 Å². The fourth-order valence-corrected chi connectivity index (χ4v) is 3.09. The normalized spacial score (nSPS) is 13.1. The van der Waals surface area contributed by atoms with Gasteiger partial charge in [0.15, 0.2) is 11.9 Å². The Balaban J connectivity index is 2.85. The number of aliphatic carboxylic acids is 1. The number of nitrogens with two attached hydrogens (primary N) is 3. The Morgan fingerprint density at radius 3 is 1.89 bits per heavy atom. The van der Waals surface area contributed by atoms with E-state index in [1.54, 1.807) is 12.1 Å². The van der Waals surface area contributed by atoms with Crippen LogP contribution in [0, 0.1) is 10.8 Å². The standard InChI is InChI=1S/C21H35N9O5/c22-14(3-1-9-27-20(23)24)17(32)30-16(11-12-5-7-13(31)8-6-12)18(33)29-15(19(34)35)4-2-10-28-21(25)26/h5-8,14-16,31H,1-4,9-11,22H2,(H,29,33)(H,30,32)(H,34,35)(H4,23,24,27)(H4,25,26,28)/t14-,15-,16-/m0/s1. The Kier molecular flexibility index (Phi) is 12.4. The van der Waals surface area contributed by atoms with Crippen molar-refractivity contribution in [3.8, 4) is 5.75 Å². The number of amides is 2. The van der Waals surface area contributed by atoms with E-state index >= 15 is 0 Å². The minimum absolute atomic E-state index is 0.0325. The van der Waals surface area contributed by atoms with Crippen molar-refractivity contribution in [1.29, 1.82) is 10.8 Å². The predicted octanol–water partition coefficient (Wildman–Crippen LogP) is -2.16. The Hall–Kier alpha value is -4.07. The number of benzene rings is 1. The lowest BCUT2D eigenvalue weighted by Gasteiger charge is -2.23. The van der Waals surface area contributed by atoms with Crippen LogP contribution in [0.4, 0.5) is 0 Å². The summed E-state index contributed by atoms with van der Waals surface area (Å²) in [5.41, 5.74) is 17.0. The number of carbonyl (C=O) groups excluding carboxylic acids is 2. The summed E-state index contributed by atoms with van der Waals surface area (Å²) in [6.07, 6.45) is 1.16. The lowest BCUT2D eigenvalue weighted by molar-refractivity contribution is -0.142. The van der Waals surface area contributed by atoms with Crippen LogP contribution in [0.1, 0.15) is 31.2 Å². The molecule has 194 valence electrons. The van der Waals surface area contributed by atoms with Crippen LogP contribution in [0.25, 0.3) is 0 Å². The van der Waals surface area contributed by atoms with E-state index in [9.17, 15) is 24.6 Å². The van der Waals surface area contributed by atoms with E-state index in [1.807, 2.05) is 0 Å². The molecule has 35 heavy (non-hydrogen) atoms. The van der Waals surface area contributed by atoms with Gasteiger partial charge in [0, 0.05) is 19.5 Å². The zero-order valence-corrected chi connectivity index (χ0v) is 19.3. The van der Waals surface area contributed by atoms with E-state index < -0.39 is 35.9 Å². The van der Waals surface area contributed by atoms with E-state index in [0.29, 0.717) is 24.9 Å². The number of aromatic hydroxyl groups is 1. The fourth-order valence-electron chi connectivity index (χ4n) is 3.09. The molecule has 14 heteroatoms. The SMILES string of the molecule is N=C(N)NCCC[C@H](NC(=O)[C@H](Cc1ccc(O)cc1)NC(=O)[C@@H](N)CCCNC(=N)N)C(=O)O. The van der Waals surface area contributed by atoms with Crippen LogP contribution < -0.4 is 38.5 Å². The molecule has 14 N–H and O–H groups in total. The lowest BCUT2D eigenvalue weighted by atomic mass is 10.0. The van der Waals surface area contributed by atoms with Crippen LogP contribution in [0.15, 0.2) is 24.3 Å². The third-order valence-corrected chi connectivity index (χ3v) is 4.95. The number of guanidine groups is 2. The first kappa shape index (κ1) is 29.0. The maximum atomic E-state index is 13.0. The number of nitrogens with one attached hydrogen (secondary N) is 6. The molecule has 0 saturated carbocycles. The van der Waals surface area contributed by atoms with Gasteiger partial charge < -0.3 is 48.7 Å². The second kappa shape index (κ2) is 15.0. The quantitative estimate of drug-likeness (QED) is 0.0715. The molecule has 1 aromatic carbocycles. The van der Waals surface area contributed by atoms with Gasteiger partial charge in [-0.1, -0.05) is 12.1 Å². The van der Waals surface area contributed by atoms with Crippen LogP contribution in [0.3, 0.4) is 0 Å². The van der Waals surface area contributed by atoms with Gasteiger partial charge >= 0.3 is 5.97 Å². The molecule has 0 aliphatic rings. The van der Waals surface area contributed by atoms with Crippen molar-refractivity contribution in [2.75, 3.05) is 13.1 Å². The molecule has 2 amide bonds. The number of carboxylic acid groups (broad SMARTS) is 1. The first-order valence-electron chi connectivity index (χ1n) is 11.0. The average molecular weight is 494 g/mol. The van der Waals surface area contributed by atoms with Crippen molar-refractivity contribution in [3.05, 3.63) is 29.8 Å². The zero-order chi connectivity index (χ0) is 26.4. The highest BCUT2D eigenvalue weighted by molar-refractivity contribution is 5.92. The van der Waals surface area contributed by atoms with Crippen LogP contribution in [0.5, 0.6) is 5.75 Å². The van der Waals surface area contributed by atoms with E-state index in [1.165, 1.54) is 12.1 Å². The highest BCUT2D eigenvalue weighted by Gasteiger charge is 2.28. The number of carbonyl (C=O) groups is 3. The van der Waals surface area contributed by atoms with Crippen molar-refractivity contribution < 1.29 is 24.6 Å². The number of rotatable bonds is 15. The zero-order valence-electron chi connectivity index (χ0n) is 19.3. The highest BCUT2D eigenvalue weighted by Crippen LogP contribution is 2.12. The molecule has 0 bridgehead atoms. The third kappa shape index (κ3) is 12.1. The van der Waals surface area contributed by atoms with E-state index in [4.69, 9.17) is 28.0 Å². The molecule has 0 aliphatic heterocycles. The summed E-state index contributed by atoms with van der Waals surface area (Å²) in [5.74, 6) is -2.95. The molecule has 14 nitrogen and oxygen atoms in total. The summed E-state index contributed by atoms with van der Waals surface area (Å²) in [6.45, 7) is 0.614. The van der Waals surface area contributed by atoms with Gasteiger partial charge in [-0.05, 0) is 43.4 Å². The molecular weight excluding hydrogens is 458 g/mol. The van der Waals surface area contributed by atoms with Gasteiger partial charge in [0.2, 0.25) is 11.8 Å². The second-order valence-electron chi connectivity index (χ2n) is 7.90. The molecule has 0 unspecified atom stereocenters. The average Bonchev–Trinajstić information content (AvgIpc) is 2.78. The first-order valence-corrected chi connectivity index (χ1v) is 11.0. The number of carboxylic acids is 1. The maximum Gasteiger partial charge on any atom is 0.326 e. The van der Waals surface area contributed by atoms with Gasteiger partial charge in [-0.2, -0.15) is 0 Å². The largest absolute Gasteiger partial charge is 0.508 e. The summed E-state index contributed by atoms with van der Waals surface area (Å²) < 4.78 is 0. The van der Waals surface area contributed by atoms with Crippen LogP contribution in [-0.2, 0) is 20.8 Å². The smallest absolute Gasteiger partial charge is 0.326 e. The molecule has 0 aliphatic carbocycles. The molecule has 0 heterocycles. The minimum atomic E-state index is -1.24. The van der Waals surface area contributed by atoms with E-state index in [-0.39, 0.29) is 43.5 Å². The fraction of sp³-hybridized carbons (Fsp3) is 0.476. The molecular formula is C21H35N9O5. The Morgan fingerprint density at radius 1 is 0.857 bits per heavy atom. The molecule has 1 aromatic rings. The van der Waals surface area contributed by atoms with E-state index in [2.05, 4.69) is 21.3 Å². The van der Waals surface area contributed by atoms with Crippen LogP contribution in [-0.4, -0.2) is 71.1 Å². The summed E-state index contributed by atoms with van der Waals surface area (Å²) >= 11 is 0. The number of phenolic OH excluding ortho intramolecular Hbond substituents is 1. The van der Waals surface area contributed by atoms with Crippen molar-refractivity contribution in [3.63, 3.8) is 0 Å². The van der Waals surface area contributed by atoms with Gasteiger partial charge in [-0.3, -0.25) is 20.4 Å². The summed E-state index contributed by atoms with van der Waals surface area (Å²) in [5, 5.41) is 43.4. The molecule has 0 spiro atoms. The first-order chi connectivity index (χ1) is 16.5. The predicted molar refractivity (Wildman–Crippen MR) is 130 cm³/mol. The second-order valence-corrected chi connectivity index (χ2v) is 7.90. The Morgan fingerprint density at radius 2 is 1.37 bits per heavy atom. The van der Waals surface area contributed by atoms with Crippen LogP contribution >= 0.6 is 0 Å². The van der Waals surface area contributed by atoms with Gasteiger partial charge in [-0.15, -0.1) is 0 Å². The number of phenols is 1. The Bertz CT molecular complexity index is 878. The molecule has 0 radical (unpaired) electrons. The highest BCUT2D eigenvalue weighted by atomic mass is 16.4. The summed E-state index contributed by atoms with van der Waals surface area (Å²) in [4.78, 5) is 37.2. The molecule has 0 aromatic heterocycles. The monoisotopic (exact) mass is 493 g/mol. The number of hydrogen-bond acceptors (Lipinski definition) is 7. The minimum Gasteiger partial charge on any atom is -0.508 e. The third-order valence-electron chi connectivity index (χ3n) is 4.95. The maximum absolute atomic E-state index is 13.0. The number of hydrogen-bond donors (Lipinski definition) is 11. The molecule has 3 atom stereocenters. The van der Waals surface area contributed by atoms with Crippen molar-refractivity contribution in [2.45, 2.75) is 50.2 Å². The summed E-state index contributed by atoms with van der Waals surface area (Å²) in [6, 6.07) is 2.75. The van der Waals surface area contributed by atoms with Crippen molar-refractivity contribution >= 4 is 29.7 Å². The Labute approximate surface area is 203 Å². The van der Waals surface area contributed by atoms with Crippen molar-refractivity contribution in [2.24, 2.45) is 17.2 Å². The summed E-state index contributed by atoms with van der Waals surface area (Å²) in [7, 11) is 0. The topological polar surface area (TPSA) is 266 Å². The molecule has 1 rings (SSSR count). The molecule has 0 fully saturated rings. The van der Waals surface area contributed by atoms with Crippen LogP contribution in [0.2, 0.25) is 0 Å². The van der Waals surface area contributed by atoms with E-state index in [0.717, 1.165) is 0 Å². The lowest BCUT2D eigenvalue weighted by Crippen LogP contribution is -2.55. The molecule has 0 saturated heterocycles.